The van der Waals surface area contributed by atoms with Crippen molar-refractivity contribution in [2.75, 3.05) is 13.7 Å². The molecular weight excluding hydrogens is 296 g/mol. The Hall–Kier alpha value is -0.940. The van der Waals surface area contributed by atoms with Crippen molar-refractivity contribution in [2.24, 2.45) is 0 Å². The van der Waals surface area contributed by atoms with Crippen LogP contribution >= 0.6 is 15.9 Å². The van der Waals surface area contributed by atoms with Crippen molar-refractivity contribution in [1.82, 2.24) is 9.88 Å². The van der Waals surface area contributed by atoms with E-state index in [1.54, 1.807) is 6.20 Å². The predicted octanol–water partition coefficient (Wildman–Crippen LogP) is 2.37. The van der Waals surface area contributed by atoms with E-state index in [-0.39, 0.29) is 12.0 Å². The Morgan fingerprint density at radius 3 is 3.06 bits per heavy atom. The van der Waals surface area contributed by atoms with Crippen LogP contribution in [0.4, 0.5) is 0 Å². The number of rotatable bonds is 3. The summed E-state index contributed by atoms with van der Waals surface area (Å²) in [6.07, 6.45) is 4.88. The van der Waals surface area contributed by atoms with Crippen LogP contribution < -0.4 is 0 Å². The zero-order valence-electron chi connectivity index (χ0n) is 10.4. The lowest BCUT2D eigenvalue weighted by molar-refractivity contribution is -0.148. The highest BCUT2D eigenvalue weighted by Crippen LogP contribution is 2.20. The first-order chi connectivity index (χ1) is 8.70. The molecule has 1 aliphatic rings. The van der Waals surface area contributed by atoms with Gasteiger partial charge in [-0.2, -0.15) is 0 Å². The normalized spacial score (nSPS) is 20.7. The first kappa shape index (κ1) is 13.5. The van der Waals surface area contributed by atoms with Gasteiger partial charge in [0.15, 0.2) is 0 Å². The summed E-state index contributed by atoms with van der Waals surface area (Å²) in [5.74, 6) is -0.133. The number of methoxy groups -OCH3 is 1. The van der Waals surface area contributed by atoms with E-state index in [1.165, 1.54) is 7.11 Å². The molecule has 0 aromatic carbocycles. The minimum absolute atomic E-state index is 0.116. The van der Waals surface area contributed by atoms with E-state index in [9.17, 15) is 4.79 Å². The molecule has 5 heteroatoms. The number of likely N-dealkylation sites (tertiary alicyclic amines) is 1. The lowest BCUT2D eigenvalue weighted by Crippen LogP contribution is -2.44. The maximum absolute atomic E-state index is 11.7. The van der Waals surface area contributed by atoms with E-state index < -0.39 is 0 Å². The van der Waals surface area contributed by atoms with Crippen LogP contribution in [-0.4, -0.2) is 35.5 Å². The lowest BCUT2D eigenvalue weighted by Gasteiger charge is -2.33. The highest BCUT2D eigenvalue weighted by Gasteiger charge is 2.29. The monoisotopic (exact) mass is 312 g/mol. The fourth-order valence-electron chi connectivity index (χ4n) is 2.29. The number of carbonyl (C=O) groups excluding carboxylic acids is 1. The number of ether oxygens (including phenoxy) is 1. The van der Waals surface area contributed by atoms with Crippen molar-refractivity contribution in [3.8, 4) is 0 Å². The summed E-state index contributed by atoms with van der Waals surface area (Å²) in [6.45, 7) is 1.63. The molecule has 1 aromatic rings. The second-order valence-electron chi connectivity index (χ2n) is 4.47. The van der Waals surface area contributed by atoms with Crippen LogP contribution in [0, 0.1) is 0 Å². The Balaban J connectivity index is 2.05. The summed E-state index contributed by atoms with van der Waals surface area (Å²) in [6, 6.07) is 3.83. The molecule has 0 N–H and O–H groups in total. The molecule has 2 rings (SSSR count). The number of piperidine rings is 1. The average Bonchev–Trinajstić information content (AvgIpc) is 2.41. The minimum atomic E-state index is -0.133. The van der Waals surface area contributed by atoms with Gasteiger partial charge in [0, 0.05) is 17.2 Å². The molecule has 98 valence electrons. The van der Waals surface area contributed by atoms with E-state index in [1.807, 2.05) is 12.1 Å². The number of hydrogen-bond acceptors (Lipinski definition) is 4. The first-order valence-corrected chi connectivity index (χ1v) is 6.92. The number of nitrogens with zero attached hydrogens (tertiary/aromatic N) is 2. The SMILES string of the molecule is COC(=O)[C@H]1CCCCN1Cc1ccc(Br)cn1. The van der Waals surface area contributed by atoms with E-state index in [2.05, 4.69) is 25.8 Å². The molecule has 1 aliphatic heterocycles. The fourth-order valence-corrected chi connectivity index (χ4v) is 2.53. The standard InChI is InChI=1S/C13H17BrN2O2/c1-18-13(17)12-4-2-3-7-16(12)9-11-6-5-10(14)8-15-11/h5-6,8,12H,2-4,7,9H2,1H3/t12-/m1/s1. The molecule has 0 radical (unpaired) electrons. The molecule has 0 unspecified atom stereocenters. The molecule has 0 amide bonds. The topological polar surface area (TPSA) is 42.4 Å². The summed E-state index contributed by atoms with van der Waals surface area (Å²) >= 11 is 3.37. The molecule has 0 bridgehead atoms. The molecule has 1 saturated heterocycles. The highest BCUT2D eigenvalue weighted by molar-refractivity contribution is 9.10. The molecule has 2 heterocycles. The quantitative estimate of drug-likeness (QED) is 0.804. The van der Waals surface area contributed by atoms with Crippen LogP contribution in [0.5, 0.6) is 0 Å². The van der Waals surface area contributed by atoms with E-state index in [0.29, 0.717) is 6.54 Å². The van der Waals surface area contributed by atoms with Crippen LogP contribution in [0.3, 0.4) is 0 Å². The van der Waals surface area contributed by atoms with E-state index in [4.69, 9.17) is 4.74 Å². The summed E-state index contributed by atoms with van der Waals surface area (Å²) in [5.41, 5.74) is 0.981. The first-order valence-electron chi connectivity index (χ1n) is 6.13. The molecular formula is C13H17BrN2O2. The van der Waals surface area contributed by atoms with Gasteiger partial charge in [-0.05, 0) is 47.4 Å². The van der Waals surface area contributed by atoms with Gasteiger partial charge in [-0.3, -0.25) is 14.7 Å². The third-order valence-corrected chi connectivity index (χ3v) is 3.71. The number of carbonyl (C=O) groups is 1. The van der Waals surface area contributed by atoms with Crippen LogP contribution in [0.2, 0.25) is 0 Å². The fraction of sp³-hybridized carbons (Fsp3) is 0.538. The molecule has 4 nitrogen and oxygen atoms in total. The Morgan fingerprint density at radius 2 is 2.39 bits per heavy atom. The van der Waals surface area contributed by atoms with Gasteiger partial charge in [-0.1, -0.05) is 6.42 Å². The zero-order valence-corrected chi connectivity index (χ0v) is 12.0. The van der Waals surface area contributed by atoms with Crippen molar-refractivity contribution < 1.29 is 9.53 Å². The highest BCUT2D eigenvalue weighted by atomic mass is 79.9. The number of esters is 1. The Labute approximate surface area is 115 Å². The van der Waals surface area contributed by atoms with Crippen LogP contribution in [0.15, 0.2) is 22.8 Å². The van der Waals surface area contributed by atoms with Crippen molar-refractivity contribution in [3.63, 3.8) is 0 Å². The van der Waals surface area contributed by atoms with Gasteiger partial charge < -0.3 is 4.74 Å². The smallest absolute Gasteiger partial charge is 0.323 e. The molecule has 0 aliphatic carbocycles. The largest absolute Gasteiger partial charge is 0.468 e. The Bertz CT molecular complexity index is 408. The summed E-state index contributed by atoms with van der Waals surface area (Å²) in [4.78, 5) is 18.2. The van der Waals surface area contributed by atoms with E-state index >= 15 is 0 Å². The number of pyridine rings is 1. The molecule has 0 saturated carbocycles. The summed E-state index contributed by atoms with van der Waals surface area (Å²) in [5, 5.41) is 0. The molecule has 1 aromatic heterocycles. The number of halogens is 1. The van der Waals surface area contributed by atoms with Crippen LogP contribution in [0.1, 0.15) is 25.0 Å². The van der Waals surface area contributed by atoms with Gasteiger partial charge in [0.2, 0.25) is 0 Å². The Morgan fingerprint density at radius 1 is 1.56 bits per heavy atom. The second kappa shape index (κ2) is 6.29. The third-order valence-electron chi connectivity index (χ3n) is 3.24. The number of aromatic nitrogens is 1. The summed E-state index contributed by atoms with van der Waals surface area (Å²) in [7, 11) is 1.45. The summed E-state index contributed by atoms with van der Waals surface area (Å²) < 4.78 is 5.84. The third kappa shape index (κ3) is 3.29. The minimum Gasteiger partial charge on any atom is -0.468 e. The maximum Gasteiger partial charge on any atom is 0.323 e. The average molecular weight is 313 g/mol. The van der Waals surface area contributed by atoms with Gasteiger partial charge in [0.25, 0.3) is 0 Å². The Kier molecular flexibility index (Phi) is 4.72. The molecule has 1 fully saturated rings. The van der Waals surface area contributed by atoms with Crippen LogP contribution in [0.25, 0.3) is 0 Å². The van der Waals surface area contributed by atoms with Crippen LogP contribution in [-0.2, 0) is 16.1 Å². The zero-order chi connectivity index (χ0) is 13.0. The van der Waals surface area contributed by atoms with Crippen molar-refractivity contribution in [1.29, 1.82) is 0 Å². The van der Waals surface area contributed by atoms with Gasteiger partial charge in [-0.15, -0.1) is 0 Å². The van der Waals surface area contributed by atoms with Gasteiger partial charge in [0.05, 0.1) is 12.8 Å². The molecule has 18 heavy (non-hydrogen) atoms. The van der Waals surface area contributed by atoms with Crippen molar-refractivity contribution >= 4 is 21.9 Å². The molecule has 1 atom stereocenters. The van der Waals surface area contributed by atoms with Crippen molar-refractivity contribution in [3.05, 3.63) is 28.5 Å². The van der Waals surface area contributed by atoms with Gasteiger partial charge in [0.1, 0.15) is 6.04 Å². The van der Waals surface area contributed by atoms with Crippen molar-refractivity contribution in [2.45, 2.75) is 31.8 Å². The second-order valence-corrected chi connectivity index (χ2v) is 5.39. The van der Waals surface area contributed by atoms with E-state index in [0.717, 1.165) is 36.0 Å². The maximum atomic E-state index is 11.7. The van der Waals surface area contributed by atoms with Gasteiger partial charge >= 0.3 is 5.97 Å². The lowest BCUT2D eigenvalue weighted by atomic mass is 10.0. The van der Waals surface area contributed by atoms with Gasteiger partial charge in [-0.25, -0.2) is 0 Å². The molecule has 0 spiro atoms. The number of hydrogen-bond donors (Lipinski definition) is 0. The predicted molar refractivity (Wildman–Crippen MR) is 72.0 cm³/mol.